The van der Waals surface area contributed by atoms with E-state index in [0.717, 1.165) is 111 Å². The van der Waals surface area contributed by atoms with Crippen LogP contribution < -0.4 is 32.3 Å². The lowest BCUT2D eigenvalue weighted by molar-refractivity contribution is -0.137. The van der Waals surface area contributed by atoms with Gasteiger partial charge in [-0.25, -0.2) is 9.07 Å². The first-order chi connectivity index (χ1) is 36.8. The molecule has 1 aromatic heterocycles. The van der Waals surface area contributed by atoms with Gasteiger partial charge in [0.25, 0.3) is 0 Å². The number of carbonyl (C=O) groups excluding carboxylic acids is 2. The normalized spacial score (nSPS) is 14.4. The van der Waals surface area contributed by atoms with Gasteiger partial charge in [0.1, 0.15) is 24.2 Å². The molecule has 3 aromatic carbocycles. The summed E-state index contributed by atoms with van der Waals surface area (Å²) < 4.78 is 66.8. The van der Waals surface area contributed by atoms with Gasteiger partial charge in [-0.15, -0.1) is 0 Å². The van der Waals surface area contributed by atoms with E-state index in [4.69, 9.17) is 25.0 Å². The number of thioether (sulfide) groups is 1. The number of para-hydroxylation sites is 1. The molecular formula is C58H88F4N8O5S. The van der Waals surface area contributed by atoms with Gasteiger partial charge >= 0.3 is 6.18 Å². The number of rotatable bonds is 33. The van der Waals surface area contributed by atoms with Crippen molar-refractivity contribution < 1.29 is 41.4 Å². The third kappa shape index (κ3) is 29.7. The van der Waals surface area contributed by atoms with Gasteiger partial charge in [-0.3, -0.25) is 0 Å². The predicted octanol–water partition coefficient (Wildman–Crippen LogP) is 10.9. The Bertz CT molecular complexity index is 2130. The monoisotopic (exact) mass is 1080 g/mol. The van der Waals surface area contributed by atoms with Crippen LogP contribution in [0.15, 0.2) is 117 Å². The lowest BCUT2D eigenvalue weighted by atomic mass is 10.0. The van der Waals surface area contributed by atoms with Crippen molar-refractivity contribution in [2.24, 2.45) is 5.73 Å². The number of alkyl halides is 3. The highest BCUT2D eigenvalue weighted by Crippen LogP contribution is 2.32. The number of nitrogens with one attached hydrogen (secondary N) is 5. The molecule has 1 fully saturated rings. The van der Waals surface area contributed by atoms with E-state index in [1.54, 1.807) is 18.2 Å². The fourth-order valence-electron chi connectivity index (χ4n) is 7.55. The number of anilines is 1. The van der Waals surface area contributed by atoms with Crippen LogP contribution in [0, 0.1) is 5.82 Å². The van der Waals surface area contributed by atoms with Crippen molar-refractivity contribution in [3.05, 3.63) is 145 Å². The van der Waals surface area contributed by atoms with Crippen molar-refractivity contribution in [3.8, 4) is 5.69 Å². The Hall–Kier alpha value is -5.50. The van der Waals surface area contributed by atoms with Crippen LogP contribution in [0.5, 0.6) is 0 Å². The van der Waals surface area contributed by atoms with Crippen molar-refractivity contribution in [1.29, 1.82) is 0 Å². The van der Waals surface area contributed by atoms with Gasteiger partial charge in [0, 0.05) is 79.7 Å². The van der Waals surface area contributed by atoms with Crippen molar-refractivity contribution in [2.75, 3.05) is 77.9 Å². The quantitative estimate of drug-likeness (QED) is 0.0152. The summed E-state index contributed by atoms with van der Waals surface area (Å²) >= 11 is 2.07. The Balaban J connectivity index is 0.000000566. The molecule has 3 atom stereocenters. The first-order valence-electron chi connectivity index (χ1n) is 26.4. The second kappa shape index (κ2) is 43.6. The Morgan fingerprint density at radius 3 is 2.05 bits per heavy atom. The van der Waals surface area contributed by atoms with Crippen LogP contribution in [0.4, 0.5) is 23.4 Å². The topological polar surface area (TPSA) is 166 Å². The molecule has 424 valence electrons. The number of allylic oxidation sites excluding steroid dienone is 1. The molecule has 1 aliphatic heterocycles. The number of carbonyl (C=O) groups is 2. The number of unbranched alkanes of at least 4 members (excludes halogenated alkanes) is 3. The lowest BCUT2D eigenvalue weighted by Gasteiger charge is -2.23. The molecule has 0 saturated carbocycles. The number of nitrogens with zero attached hydrogens (tertiary/aromatic N) is 2. The zero-order chi connectivity index (χ0) is 56.2. The van der Waals surface area contributed by atoms with Crippen molar-refractivity contribution >= 4 is 35.8 Å². The summed E-state index contributed by atoms with van der Waals surface area (Å²) in [5.74, 6) is 1.95. The average molecular weight is 1090 g/mol. The van der Waals surface area contributed by atoms with Crippen LogP contribution in [-0.4, -0.2) is 112 Å². The molecule has 18 heteroatoms. The van der Waals surface area contributed by atoms with Crippen LogP contribution in [0.25, 0.3) is 11.4 Å². The minimum Gasteiger partial charge on any atom is -0.399 e. The molecule has 1 saturated heterocycles. The third-order valence-corrected chi connectivity index (χ3v) is 12.7. The van der Waals surface area contributed by atoms with Gasteiger partial charge in [-0.05, 0) is 114 Å². The maximum atomic E-state index is 12.2. The predicted molar refractivity (Wildman–Crippen MR) is 306 cm³/mol. The first kappa shape index (κ1) is 68.5. The Labute approximate surface area is 455 Å². The number of aromatic nitrogens is 2. The average Bonchev–Trinajstić information content (AvgIpc) is 3.98. The van der Waals surface area contributed by atoms with Crippen molar-refractivity contribution in [3.63, 3.8) is 0 Å². The van der Waals surface area contributed by atoms with E-state index in [0.29, 0.717) is 75.1 Å². The summed E-state index contributed by atoms with van der Waals surface area (Å²) in [5, 5.41) is 22.2. The molecule has 3 unspecified atom stereocenters. The van der Waals surface area contributed by atoms with Gasteiger partial charge in [0.2, 0.25) is 0 Å². The maximum Gasteiger partial charge on any atom is 0.416 e. The summed E-state index contributed by atoms with van der Waals surface area (Å²) in [6.45, 7) is 23.6. The van der Waals surface area contributed by atoms with E-state index >= 15 is 0 Å². The fraction of sp³-hybridized carbons (Fsp3) is 0.500. The number of ether oxygens (including phenoxy) is 3. The van der Waals surface area contributed by atoms with Crippen LogP contribution in [-0.2, 0) is 42.9 Å². The maximum absolute atomic E-state index is 12.2. The molecule has 1 aliphatic rings. The van der Waals surface area contributed by atoms with Gasteiger partial charge in [-0.2, -0.15) is 30.0 Å². The summed E-state index contributed by atoms with van der Waals surface area (Å²) in [6, 6.07) is 23.7. The molecule has 0 spiro atoms. The number of hydrogen-bond donors (Lipinski definition) is 6. The lowest BCUT2D eigenvalue weighted by Crippen LogP contribution is -2.46. The molecule has 76 heavy (non-hydrogen) atoms. The molecule has 0 radical (unpaired) electrons. The zero-order valence-electron chi connectivity index (χ0n) is 45.7. The van der Waals surface area contributed by atoms with Crippen molar-refractivity contribution in [2.45, 2.75) is 115 Å². The molecule has 0 amide bonds. The number of aldehydes is 2. The largest absolute Gasteiger partial charge is 0.416 e. The molecule has 0 aliphatic carbocycles. The van der Waals surface area contributed by atoms with Crippen LogP contribution >= 0.6 is 11.8 Å². The van der Waals surface area contributed by atoms with Crippen molar-refractivity contribution in [1.82, 2.24) is 31.0 Å². The summed E-state index contributed by atoms with van der Waals surface area (Å²) in [6.07, 6.45) is 8.83. The van der Waals surface area contributed by atoms with Gasteiger partial charge in [0.05, 0.1) is 49.4 Å². The van der Waals surface area contributed by atoms with E-state index in [1.165, 1.54) is 43.5 Å². The summed E-state index contributed by atoms with van der Waals surface area (Å²) in [7, 11) is 3.96. The molecule has 0 bridgehead atoms. The SMILES string of the molecule is C=C(N)c1cccc(C(F)(F)F)c1.C=CNC1CSC(CCCCC(=C)NCCOCCCCCOCCOCCC=O)C1NC.CC.CCNc1c(CCC=O)c(CNC)nn1-c1ccccc1.Fc1ccccc1. The standard InChI is InChI=1S/C25H47N3O4S.C16H22N4O.C9H8F3N.C6H5F.C2H6/c1-4-27-23-21-33-24(25(23)26-3)12-7-6-11-22(2)28-13-18-30-15-8-5-9-16-31-19-20-32-17-10-14-29;1-3-18-16-14(10-7-11-21)15(12-17-2)19-20(16)13-8-5-4-6-9-13;1-6(13)7-3-2-4-8(5-7)9(10,11)12;7-6-4-2-1-3-5-6;1-2/h4,14,23-28H,1-2,5-13,15-21H2,3H3;4-6,8-9,11,17-18H,3,7,10,12H2,1-2H3;2-5H,1,13H2;1-5H;1-2H3. The second-order valence-electron chi connectivity index (χ2n) is 17.0. The number of likely N-dealkylation sites (N-methyl/N-ethyl adjacent to an activating group) is 1. The fourth-order valence-corrected chi connectivity index (χ4v) is 9.17. The van der Waals surface area contributed by atoms with Crippen LogP contribution in [0.1, 0.15) is 101 Å². The Morgan fingerprint density at radius 1 is 0.842 bits per heavy atom. The zero-order valence-corrected chi connectivity index (χ0v) is 46.6. The highest BCUT2D eigenvalue weighted by atomic mass is 32.2. The molecule has 4 aromatic rings. The molecule has 5 rings (SSSR count). The van der Waals surface area contributed by atoms with E-state index in [9.17, 15) is 27.2 Å². The van der Waals surface area contributed by atoms with E-state index < -0.39 is 11.7 Å². The van der Waals surface area contributed by atoms with Crippen LogP contribution in [0.2, 0.25) is 0 Å². The van der Waals surface area contributed by atoms with Crippen LogP contribution in [0.3, 0.4) is 0 Å². The number of nitrogens with two attached hydrogens (primary N) is 1. The van der Waals surface area contributed by atoms with E-state index in [1.807, 2.05) is 62.1 Å². The van der Waals surface area contributed by atoms with E-state index in [2.05, 4.69) is 72.1 Å². The highest BCUT2D eigenvalue weighted by Gasteiger charge is 2.34. The van der Waals surface area contributed by atoms with Gasteiger partial charge in [-0.1, -0.05) is 88.5 Å². The minimum atomic E-state index is -4.33. The molecule has 2 heterocycles. The first-order valence-corrected chi connectivity index (χ1v) is 27.4. The number of hydrogen-bond acceptors (Lipinski definition) is 13. The van der Waals surface area contributed by atoms with Gasteiger partial charge in [0.15, 0.2) is 0 Å². The third-order valence-electron chi connectivity index (χ3n) is 11.2. The minimum absolute atomic E-state index is 0.131. The number of benzene rings is 3. The second-order valence-corrected chi connectivity index (χ2v) is 18.3. The number of halogens is 4. The highest BCUT2D eigenvalue weighted by molar-refractivity contribution is 8.00. The summed E-state index contributed by atoms with van der Waals surface area (Å²) in [4.78, 5) is 20.9. The molecule has 7 N–H and O–H groups in total. The Kier molecular flexibility index (Phi) is 39.3. The summed E-state index contributed by atoms with van der Waals surface area (Å²) in [5.41, 5.74) is 9.21. The molecular weight excluding hydrogens is 997 g/mol. The Morgan fingerprint density at radius 2 is 1.49 bits per heavy atom. The smallest absolute Gasteiger partial charge is 0.399 e. The molecule has 13 nitrogen and oxygen atoms in total. The van der Waals surface area contributed by atoms with Gasteiger partial charge < -0.3 is 56.1 Å². The van der Waals surface area contributed by atoms with E-state index in [-0.39, 0.29) is 11.5 Å².